The van der Waals surface area contributed by atoms with Crippen LogP contribution in [0.4, 0.5) is 0 Å². The van der Waals surface area contributed by atoms with E-state index in [-0.39, 0.29) is 5.91 Å². The van der Waals surface area contributed by atoms with Gasteiger partial charge >= 0.3 is 0 Å². The summed E-state index contributed by atoms with van der Waals surface area (Å²) in [6, 6.07) is 0.985. The number of amides is 1. The minimum atomic E-state index is 0.229. The van der Waals surface area contributed by atoms with E-state index >= 15 is 0 Å². The van der Waals surface area contributed by atoms with Crippen LogP contribution in [0.2, 0.25) is 0 Å². The SMILES string of the molecule is CCCCC(=O)NC1CCN(C(C)C)C1. The molecule has 3 nitrogen and oxygen atoms in total. The Balaban J connectivity index is 2.20. The van der Waals surface area contributed by atoms with E-state index in [2.05, 4.69) is 31.0 Å². The van der Waals surface area contributed by atoms with E-state index in [1.54, 1.807) is 0 Å². The predicted molar refractivity (Wildman–Crippen MR) is 62.8 cm³/mol. The van der Waals surface area contributed by atoms with Gasteiger partial charge in [0.25, 0.3) is 0 Å². The number of rotatable bonds is 5. The second-order valence-electron chi connectivity index (χ2n) is 4.75. The van der Waals surface area contributed by atoms with Gasteiger partial charge in [-0.1, -0.05) is 13.3 Å². The van der Waals surface area contributed by atoms with E-state index < -0.39 is 0 Å². The van der Waals surface area contributed by atoms with Gasteiger partial charge in [-0.25, -0.2) is 0 Å². The maximum atomic E-state index is 11.5. The molecule has 0 aromatic rings. The second-order valence-corrected chi connectivity index (χ2v) is 4.75. The molecule has 1 aliphatic rings. The minimum Gasteiger partial charge on any atom is -0.352 e. The molecule has 1 unspecified atom stereocenters. The van der Waals surface area contributed by atoms with Crippen molar-refractivity contribution in [1.29, 1.82) is 0 Å². The molecule has 1 aliphatic heterocycles. The van der Waals surface area contributed by atoms with Crippen LogP contribution in [0.5, 0.6) is 0 Å². The van der Waals surface area contributed by atoms with Gasteiger partial charge < -0.3 is 5.32 Å². The molecule has 0 aliphatic carbocycles. The normalized spacial score (nSPS) is 22.3. The van der Waals surface area contributed by atoms with Crippen molar-refractivity contribution in [3.63, 3.8) is 0 Å². The Morgan fingerprint density at radius 2 is 2.27 bits per heavy atom. The Kier molecular flexibility index (Phi) is 5.09. The average Bonchev–Trinajstić information content (AvgIpc) is 2.63. The Morgan fingerprint density at radius 3 is 2.80 bits per heavy atom. The molecule has 1 amide bonds. The second kappa shape index (κ2) is 6.11. The van der Waals surface area contributed by atoms with Gasteiger partial charge in [0.1, 0.15) is 0 Å². The van der Waals surface area contributed by atoms with E-state index in [4.69, 9.17) is 0 Å². The lowest BCUT2D eigenvalue weighted by atomic mass is 10.2. The summed E-state index contributed by atoms with van der Waals surface area (Å²) in [4.78, 5) is 13.9. The minimum absolute atomic E-state index is 0.229. The van der Waals surface area contributed by atoms with Crippen molar-refractivity contribution < 1.29 is 4.79 Å². The Morgan fingerprint density at radius 1 is 1.53 bits per heavy atom. The van der Waals surface area contributed by atoms with Gasteiger partial charge in [-0.15, -0.1) is 0 Å². The molecular weight excluding hydrogens is 188 g/mol. The Labute approximate surface area is 93.2 Å². The molecule has 1 saturated heterocycles. The largest absolute Gasteiger partial charge is 0.352 e. The van der Waals surface area contributed by atoms with Gasteiger partial charge in [0.05, 0.1) is 0 Å². The van der Waals surface area contributed by atoms with Crippen LogP contribution >= 0.6 is 0 Å². The van der Waals surface area contributed by atoms with Gasteiger partial charge in [-0.05, 0) is 26.7 Å². The standard InChI is InChI=1S/C12H24N2O/c1-4-5-6-12(15)13-11-7-8-14(9-11)10(2)3/h10-11H,4-9H2,1-3H3,(H,13,15). The van der Waals surface area contributed by atoms with E-state index in [9.17, 15) is 4.79 Å². The average molecular weight is 212 g/mol. The van der Waals surface area contributed by atoms with Gasteiger partial charge in [0, 0.05) is 31.6 Å². The molecule has 0 radical (unpaired) electrons. The monoisotopic (exact) mass is 212 g/mol. The van der Waals surface area contributed by atoms with Gasteiger partial charge in [-0.2, -0.15) is 0 Å². The summed E-state index contributed by atoms with van der Waals surface area (Å²) in [7, 11) is 0. The van der Waals surface area contributed by atoms with E-state index in [1.807, 2.05) is 0 Å². The molecule has 1 atom stereocenters. The fourth-order valence-electron chi connectivity index (χ4n) is 2.01. The number of hydrogen-bond donors (Lipinski definition) is 1. The van der Waals surface area contributed by atoms with Crippen molar-refractivity contribution >= 4 is 5.91 Å². The molecular formula is C12H24N2O. The summed E-state index contributed by atoms with van der Waals surface area (Å²) in [6.07, 6.45) is 3.90. The quantitative estimate of drug-likeness (QED) is 0.753. The Bertz CT molecular complexity index is 204. The van der Waals surface area contributed by atoms with Crippen molar-refractivity contribution in [2.24, 2.45) is 0 Å². The first kappa shape index (κ1) is 12.5. The van der Waals surface area contributed by atoms with Crippen molar-refractivity contribution in [2.75, 3.05) is 13.1 Å². The van der Waals surface area contributed by atoms with Crippen LogP contribution in [-0.4, -0.2) is 36.0 Å². The van der Waals surface area contributed by atoms with E-state index in [1.165, 1.54) is 0 Å². The molecule has 15 heavy (non-hydrogen) atoms. The van der Waals surface area contributed by atoms with Gasteiger partial charge in [0.15, 0.2) is 0 Å². The number of hydrogen-bond acceptors (Lipinski definition) is 2. The Hall–Kier alpha value is -0.570. The fourth-order valence-corrected chi connectivity index (χ4v) is 2.01. The third kappa shape index (κ3) is 4.20. The summed E-state index contributed by atoms with van der Waals surface area (Å²) in [5.74, 6) is 0.229. The van der Waals surface area contributed by atoms with Gasteiger partial charge in [-0.3, -0.25) is 9.69 Å². The number of nitrogens with zero attached hydrogens (tertiary/aromatic N) is 1. The molecule has 0 aromatic carbocycles. The molecule has 0 spiro atoms. The first-order chi connectivity index (χ1) is 7.13. The highest BCUT2D eigenvalue weighted by molar-refractivity contribution is 5.76. The maximum absolute atomic E-state index is 11.5. The van der Waals surface area contributed by atoms with Crippen LogP contribution in [0, 0.1) is 0 Å². The lowest BCUT2D eigenvalue weighted by Crippen LogP contribution is -2.38. The predicted octanol–water partition coefficient (Wildman–Crippen LogP) is 1.78. The maximum Gasteiger partial charge on any atom is 0.220 e. The summed E-state index contributed by atoms with van der Waals surface area (Å²) in [5, 5.41) is 3.12. The lowest BCUT2D eigenvalue weighted by Gasteiger charge is -2.20. The zero-order valence-corrected chi connectivity index (χ0v) is 10.3. The molecule has 88 valence electrons. The number of unbranched alkanes of at least 4 members (excludes halogenated alkanes) is 1. The number of carbonyl (C=O) groups is 1. The molecule has 3 heteroatoms. The zero-order valence-electron chi connectivity index (χ0n) is 10.3. The summed E-state index contributed by atoms with van der Waals surface area (Å²) in [6.45, 7) is 8.68. The van der Waals surface area contributed by atoms with Crippen LogP contribution in [0.25, 0.3) is 0 Å². The third-order valence-electron chi connectivity index (χ3n) is 3.07. The number of likely N-dealkylation sites (tertiary alicyclic amines) is 1. The fraction of sp³-hybridized carbons (Fsp3) is 0.917. The van der Waals surface area contributed by atoms with Crippen LogP contribution in [-0.2, 0) is 4.79 Å². The van der Waals surface area contributed by atoms with E-state index in [0.717, 1.165) is 32.4 Å². The zero-order chi connectivity index (χ0) is 11.3. The summed E-state index contributed by atoms with van der Waals surface area (Å²) >= 11 is 0. The molecule has 1 N–H and O–H groups in total. The van der Waals surface area contributed by atoms with Crippen molar-refractivity contribution in [1.82, 2.24) is 10.2 Å². The van der Waals surface area contributed by atoms with Crippen molar-refractivity contribution in [3.05, 3.63) is 0 Å². The first-order valence-electron chi connectivity index (χ1n) is 6.17. The summed E-state index contributed by atoms with van der Waals surface area (Å²) < 4.78 is 0. The molecule has 1 rings (SSSR count). The topological polar surface area (TPSA) is 32.3 Å². The highest BCUT2D eigenvalue weighted by atomic mass is 16.1. The number of carbonyl (C=O) groups excluding carboxylic acids is 1. The van der Waals surface area contributed by atoms with Crippen LogP contribution in [0.3, 0.4) is 0 Å². The lowest BCUT2D eigenvalue weighted by molar-refractivity contribution is -0.121. The first-order valence-corrected chi connectivity index (χ1v) is 6.17. The van der Waals surface area contributed by atoms with Crippen LogP contribution in [0.15, 0.2) is 0 Å². The highest BCUT2D eigenvalue weighted by Crippen LogP contribution is 2.12. The molecule has 1 fully saturated rings. The smallest absolute Gasteiger partial charge is 0.220 e. The molecule has 0 saturated carbocycles. The summed E-state index contributed by atoms with van der Waals surface area (Å²) in [5.41, 5.74) is 0. The molecule has 0 aromatic heterocycles. The van der Waals surface area contributed by atoms with Crippen molar-refractivity contribution in [2.45, 2.75) is 58.5 Å². The van der Waals surface area contributed by atoms with Crippen LogP contribution in [0.1, 0.15) is 46.5 Å². The highest BCUT2D eigenvalue weighted by Gasteiger charge is 2.24. The third-order valence-corrected chi connectivity index (χ3v) is 3.07. The molecule has 0 bridgehead atoms. The van der Waals surface area contributed by atoms with Crippen molar-refractivity contribution in [3.8, 4) is 0 Å². The van der Waals surface area contributed by atoms with Crippen LogP contribution < -0.4 is 5.32 Å². The van der Waals surface area contributed by atoms with Gasteiger partial charge in [0.2, 0.25) is 5.91 Å². The number of nitrogens with one attached hydrogen (secondary N) is 1. The molecule has 1 heterocycles. The van der Waals surface area contributed by atoms with E-state index in [0.29, 0.717) is 18.5 Å².